The van der Waals surface area contributed by atoms with Crippen LogP contribution in [0.1, 0.15) is 27.7 Å². The Kier molecular flexibility index (Phi) is 6.63. The Balaban J connectivity index is 1.67. The van der Waals surface area contributed by atoms with Gasteiger partial charge < -0.3 is 10.6 Å². The van der Waals surface area contributed by atoms with E-state index in [0.29, 0.717) is 16.3 Å². The lowest BCUT2D eigenvalue weighted by Crippen LogP contribution is -2.39. The van der Waals surface area contributed by atoms with E-state index in [2.05, 4.69) is 15.6 Å². The highest BCUT2D eigenvalue weighted by Gasteiger charge is 2.18. The number of benzene rings is 2. The van der Waals surface area contributed by atoms with Crippen LogP contribution < -0.4 is 10.6 Å². The molecule has 1 heterocycles. The maximum Gasteiger partial charge on any atom is 0.251 e. The van der Waals surface area contributed by atoms with Crippen LogP contribution in [0.4, 0.5) is 0 Å². The van der Waals surface area contributed by atoms with E-state index in [1.807, 2.05) is 48.5 Å². The Morgan fingerprint density at radius 3 is 2.36 bits per heavy atom. The van der Waals surface area contributed by atoms with Crippen molar-refractivity contribution in [3.63, 3.8) is 0 Å². The maximum absolute atomic E-state index is 12.5. The van der Waals surface area contributed by atoms with Crippen molar-refractivity contribution in [1.29, 1.82) is 0 Å². The van der Waals surface area contributed by atoms with Gasteiger partial charge in [-0.25, -0.2) is 0 Å². The minimum atomic E-state index is -0.420. The monoisotopic (exact) mass is 413 g/mol. The van der Waals surface area contributed by atoms with Crippen LogP contribution in [0.15, 0.2) is 72.9 Å². The van der Waals surface area contributed by atoms with E-state index in [0.717, 1.165) is 5.56 Å². The molecule has 1 atom stereocenters. The fourth-order valence-electron chi connectivity index (χ4n) is 2.63. The van der Waals surface area contributed by atoms with E-state index < -0.39 is 11.9 Å². The predicted molar refractivity (Wildman–Crippen MR) is 109 cm³/mol. The summed E-state index contributed by atoms with van der Waals surface area (Å²) >= 11 is 11.8. The molecule has 2 aromatic carbocycles. The number of aromatic nitrogens is 1. The van der Waals surface area contributed by atoms with Gasteiger partial charge in [0.2, 0.25) is 5.91 Å². The summed E-state index contributed by atoms with van der Waals surface area (Å²) in [7, 11) is 0. The Morgan fingerprint density at radius 1 is 0.929 bits per heavy atom. The molecular weight excluding hydrogens is 397 g/mol. The zero-order valence-corrected chi connectivity index (χ0v) is 16.2. The van der Waals surface area contributed by atoms with E-state index >= 15 is 0 Å². The lowest BCUT2D eigenvalue weighted by molar-refractivity contribution is -0.120. The number of halogens is 2. The highest BCUT2D eigenvalue weighted by Crippen LogP contribution is 2.22. The molecule has 0 radical (unpaired) electrons. The smallest absolute Gasteiger partial charge is 0.251 e. The number of carbonyl (C=O) groups is 2. The summed E-state index contributed by atoms with van der Waals surface area (Å²) in [6, 6.07) is 19.1. The first-order chi connectivity index (χ1) is 13.5. The van der Waals surface area contributed by atoms with E-state index in [9.17, 15) is 9.59 Å². The Bertz CT molecular complexity index is 926. The fourth-order valence-corrected chi connectivity index (χ4v) is 2.93. The summed E-state index contributed by atoms with van der Waals surface area (Å²) in [6.45, 7) is -0.185. The maximum atomic E-state index is 12.5. The minimum absolute atomic E-state index is 0.185. The molecule has 0 saturated heterocycles. The normalized spacial score (nSPS) is 11.5. The van der Waals surface area contributed by atoms with Crippen LogP contribution in [0.5, 0.6) is 0 Å². The second kappa shape index (κ2) is 9.35. The molecule has 3 aromatic rings. The van der Waals surface area contributed by atoms with Crippen molar-refractivity contribution in [2.45, 2.75) is 6.04 Å². The quantitative estimate of drug-likeness (QED) is 0.640. The number of carbonyl (C=O) groups excluding carboxylic acids is 2. The van der Waals surface area contributed by atoms with Crippen LogP contribution in [0.2, 0.25) is 10.0 Å². The molecule has 2 N–H and O–H groups in total. The van der Waals surface area contributed by atoms with Crippen molar-refractivity contribution in [3.05, 3.63) is 99.8 Å². The van der Waals surface area contributed by atoms with Crippen molar-refractivity contribution in [1.82, 2.24) is 15.6 Å². The van der Waals surface area contributed by atoms with Crippen LogP contribution in [0.25, 0.3) is 0 Å². The van der Waals surface area contributed by atoms with Gasteiger partial charge in [-0.1, -0.05) is 59.6 Å². The number of amides is 2. The number of hydrogen-bond acceptors (Lipinski definition) is 3. The lowest BCUT2D eigenvalue weighted by Gasteiger charge is -2.19. The summed E-state index contributed by atoms with van der Waals surface area (Å²) in [6.07, 6.45) is 1.67. The van der Waals surface area contributed by atoms with Gasteiger partial charge in [-0.05, 0) is 35.9 Å². The SMILES string of the molecule is O=C(CNC(=O)c1ccc(Cl)c(Cl)c1)NC(c1ccccc1)c1ccccn1. The van der Waals surface area contributed by atoms with Gasteiger partial charge >= 0.3 is 0 Å². The van der Waals surface area contributed by atoms with Crippen molar-refractivity contribution in [2.24, 2.45) is 0 Å². The summed E-state index contributed by atoms with van der Waals surface area (Å²) in [5.41, 5.74) is 1.93. The minimum Gasteiger partial charge on any atom is -0.343 e. The molecule has 0 fully saturated rings. The Hall–Kier alpha value is -2.89. The summed E-state index contributed by atoms with van der Waals surface area (Å²) < 4.78 is 0. The number of nitrogens with one attached hydrogen (secondary N) is 2. The number of rotatable bonds is 6. The van der Waals surface area contributed by atoms with Crippen molar-refractivity contribution in [3.8, 4) is 0 Å². The topological polar surface area (TPSA) is 71.1 Å². The summed E-state index contributed by atoms with van der Waals surface area (Å²) in [4.78, 5) is 29.0. The molecule has 5 nitrogen and oxygen atoms in total. The highest BCUT2D eigenvalue weighted by atomic mass is 35.5. The van der Waals surface area contributed by atoms with Crippen LogP contribution in [0, 0.1) is 0 Å². The third-order valence-corrected chi connectivity index (χ3v) is 4.75. The van der Waals surface area contributed by atoms with Gasteiger partial charge in [-0.2, -0.15) is 0 Å². The van der Waals surface area contributed by atoms with Gasteiger partial charge in [-0.15, -0.1) is 0 Å². The van der Waals surface area contributed by atoms with Gasteiger partial charge in [0, 0.05) is 11.8 Å². The first-order valence-corrected chi connectivity index (χ1v) is 9.28. The molecule has 7 heteroatoms. The van der Waals surface area contributed by atoms with Crippen LogP contribution in [-0.4, -0.2) is 23.3 Å². The van der Waals surface area contributed by atoms with Gasteiger partial charge in [0.05, 0.1) is 28.3 Å². The van der Waals surface area contributed by atoms with Crippen LogP contribution >= 0.6 is 23.2 Å². The molecule has 0 aliphatic rings. The fraction of sp³-hybridized carbons (Fsp3) is 0.0952. The average molecular weight is 414 g/mol. The van der Waals surface area contributed by atoms with Crippen LogP contribution in [-0.2, 0) is 4.79 Å². The molecule has 0 aliphatic carbocycles. The third-order valence-electron chi connectivity index (χ3n) is 4.01. The van der Waals surface area contributed by atoms with E-state index in [4.69, 9.17) is 23.2 Å². The zero-order valence-electron chi connectivity index (χ0n) is 14.7. The Morgan fingerprint density at radius 2 is 1.68 bits per heavy atom. The molecule has 0 aliphatic heterocycles. The van der Waals surface area contributed by atoms with Crippen LogP contribution in [0.3, 0.4) is 0 Å². The Labute approximate surface area is 172 Å². The van der Waals surface area contributed by atoms with Crippen molar-refractivity contribution in [2.75, 3.05) is 6.54 Å². The number of hydrogen-bond donors (Lipinski definition) is 2. The number of nitrogens with zero attached hydrogens (tertiary/aromatic N) is 1. The molecule has 1 unspecified atom stereocenters. The molecule has 0 bridgehead atoms. The third kappa shape index (κ3) is 5.09. The predicted octanol–water partition coefficient (Wildman–Crippen LogP) is 4.02. The molecule has 142 valence electrons. The summed E-state index contributed by atoms with van der Waals surface area (Å²) in [5, 5.41) is 6.13. The second-order valence-corrected chi connectivity index (χ2v) is 6.79. The van der Waals surface area contributed by atoms with E-state index in [-0.39, 0.29) is 17.5 Å². The average Bonchev–Trinajstić information content (AvgIpc) is 2.73. The molecule has 2 amide bonds. The standard InChI is InChI=1S/C21H17Cl2N3O2/c22-16-10-9-15(12-17(16)23)21(28)25-13-19(27)26-20(14-6-2-1-3-7-14)18-8-4-5-11-24-18/h1-12,20H,13H2,(H,25,28)(H,26,27). The molecule has 0 spiro atoms. The van der Waals surface area contributed by atoms with E-state index in [1.54, 1.807) is 12.3 Å². The largest absolute Gasteiger partial charge is 0.343 e. The van der Waals surface area contributed by atoms with Crippen molar-refractivity contribution < 1.29 is 9.59 Å². The number of pyridine rings is 1. The first-order valence-electron chi connectivity index (χ1n) is 8.53. The van der Waals surface area contributed by atoms with E-state index in [1.165, 1.54) is 12.1 Å². The second-order valence-electron chi connectivity index (χ2n) is 5.98. The molecule has 1 aromatic heterocycles. The van der Waals surface area contributed by atoms with Gasteiger partial charge in [-0.3, -0.25) is 14.6 Å². The summed E-state index contributed by atoms with van der Waals surface area (Å²) in [5.74, 6) is -0.754. The highest BCUT2D eigenvalue weighted by molar-refractivity contribution is 6.42. The first kappa shape index (κ1) is 19.9. The molecule has 3 rings (SSSR count). The molecule has 28 heavy (non-hydrogen) atoms. The molecular formula is C21H17Cl2N3O2. The van der Waals surface area contributed by atoms with Crippen molar-refractivity contribution >= 4 is 35.0 Å². The van der Waals surface area contributed by atoms with Gasteiger partial charge in [0.25, 0.3) is 5.91 Å². The van der Waals surface area contributed by atoms with Gasteiger partial charge in [0.15, 0.2) is 0 Å². The zero-order chi connectivity index (χ0) is 19.9. The molecule has 0 saturated carbocycles. The van der Waals surface area contributed by atoms with Gasteiger partial charge in [0.1, 0.15) is 0 Å². The lowest BCUT2D eigenvalue weighted by atomic mass is 10.0.